The minimum absolute atomic E-state index is 0.118. The van der Waals surface area contributed by atoms with Crippen molar-refractivity contribution >= 4 is 29.1 Å². The van der Waals surface area contributed by atoms with E-state index in [-0.39, 0.29) is 11.5 Å². The lowest BCUT2D eigenvalue weighted by atomic mass is 10.1. The van der Waals surface area contributed by atoms with E-state index in [2.05, 4.69) is 20.1 Å². The monoisotopic (exact) mass is 350 g/mol. The summed E-state index contributed by atoms with van der Waals surface area (Å²) in [5.41, 5.74) is 5.10. The Morgan fingerprint density at radius 3 is 2.77 bits per heavy atom. The average Bonchev–Trinajstić information content (AvgIpc) is 2.95. The van der Waals surface area contributed by atoms with E-state index < -0.39 is 5.97 Å². The zero-order chi connectivity index (χ0) is 18.7. The molecule has 1 amide bonds. The number of hydrazone groups is 1. The second-order valence-corrected chi connectivity index (χ2v) is 5.70. The molecule has 7 heteroatoms. The Labute approximate surface area is 150 Å². The molecule has 2 aromatic carbocycles. The topological polar surface area (TPSA) is 96.6 Å². The highest BCUT2D eigenvalue weighted by Crippen LogP contribution is 2.17. The minimum atomic E-state index is -1.05. The van der Waals surface area contributed by atoms with Gasteiger partial charge in [0.05, 0.1) is 22.8 Å². The maximum Gasteiger partial charge on any atom is 0.336 e. The van der Waals surface area contributed by atoms with E-state index in [1.165, 1.54) is 12.3 Å². The molecule has 1 aromatic heterocycles. The molecule has 0 spiro atoms. The number of nitrogens with zero attached hydrogens (tertiary/aromatic N) is 3. The molecule has 0 saturated heterocycles. The Morgan fingerprint density at radius 2 is 2.04 bits per heavy atom. The van der Waals surface area contributed by atoms with Crippen molar-refractivity contribution in [2.45, 2.75) is 20.4 Å². The van der Waals surface area contributed by atoms with Gasteiger partial charge in [-0.15, -0.1) is 0 Å². The zero-order valence-corrected chi connectivity index (χ0v) is 14.4. The summed E-state index contributed by atoms with van der Waals surface area (Å²) < 4.78 is 2.07. The summed E-state index contributed by atoms with van der Waals surface area (Å²) in [6.45, 7) is 4.77. The van der Waals surface area contributed by atoms with Crippen molar-refractivity contribution in [3.63, 3.8) is 0 Å². The van der Waals surface area contributed by atoms with Gasteiger partial charge in [0.25, 0.3) is 5.91 Å². The number of rotatable bonds is 5. The standard InChI is InChI=1S/C19H18N4O3/c1-3-23-12(2)21-16-10-13(8-9-17(16)23)18(24)22-20-11-14-6-4-5-7-15(14)19(25)26/h4-11H,3H2,1-2H3,(H,22,24)(H,25,26). The first kappa shape index (κ1) is 17.3. The Morgan fingerprint density at radius 1 is 1.27 bits per heavy atom. The molecule has 0 radical (unpaired) electrons. The van der Waals surface area contributed by atoms with E-state index in [0.717, 1.165) is 23.4 Å². The second kappa shape index (κ2) is 7.18. The summed E-state index contributed by atoms with van der Waals surface area (Å²) in [5.74, 6) is -0.547. The van der Waals surface area contributed by atoms with Gasteiger partial charge in [-0.1, -0.05) is 18.2 Å². The molecule has 0 aliphatic heterocycles. The van der Waals surface area contributed by atoms with Crippen LogP contribution in [0.15, 0.2) is 47.6 Å². The number of hydrogen-bond donors (Lipinski definition) is 2. The molecule has 132 valence electrons. The summed E-state index contributed by atoms with van der Waals surface area (Å²) in [4.78, 5) is 27.9. The first-order valence-electron chi connectivity index (χ1n) is 8.14. The predicted molar refractivity (Wildman–Crippen MR) is 98.6 cm³/mol. The van der Waals surface area contributed by atoms with Crippen molar-refractivity contribution in [1.29, 1.82) is 0 Å². The fraction of sp³-hybridized carbons (Fsp3) is 0.158. The molecule has 1 heterocycles. The smallest absolute Gasteiger partial charge is 0.336 e. The van der Waals surface area contributed by atoms with Gasteiger partial charge >= 0.3 is 5.97 Å². The maximum atomic E-state index is 12.3. The molecule has 0 bridgehead atoms. The number of aromatic nitrogens is 2. The molecule has 0 aliphatic rings. The Hall–Kier alpha value is -3.48. The minimum Gasteiger partial charge on any atom is -0.478 e. The zero-order valence-electron chi connectivity index (χ0n) is 14.4. The van der Waals surface area contributed by atoms with Crippen molar-refractivity contribution in [1.82, 2.24) is 15.0 Å². The van der Waals surface area contributed by atoms with Crippen molar-refractivity contribution in [2.24, 2.45) is 5.10 Å². The van der Waals surface area contributed by atoms with Crippen molar-refractivity contribution in [3.8, 4) is 0 Å². The highest BCUT2D eigenvalue weighted by Gasteiger charge is 2.11. The lowest BCUT2D eigenvalue weighted by molar-refractivity contribution is 0.0696. The van der Waals surface area contributed by atoms with E-state index in [9.17, 15) is 9.59 Å². The van der Waals surface area contributed by atoms with E-state index in [4.69, 9.17) is 5.11 Å². The van der Waals surface area contributed by atoms with Crippen LogP contribution in [0, 0.1) is 6.92 Å². The first-order chi connectivity index (χ1) is 12.5. The third kappa shape index (κ3) is 3.32. The van der Waals surface area contributed by atoms with E-state index in [1.807, 2.05) is 19.9 Å². The number of fused-ring (bicyclic) bond motifs is 1. The van der Waals surface area contributed by atoms with E-state index in [1.54, 1.807) is 30.3 Å². The fourth-order valence-electron chi connectivity index (χ4n) is 2.82. The van der Waals surface area contributed by atoms with Crippen molar-refractivity contribution < 1.29 is 14.7 Å². The van der Waals surface area contributed by atoms with Crippen LogP contribution in [-0.4, -0.2) is 32.7 Å². The van der Waals surface area contributed by atoms with Gasteiger partial charge in [-0.2, -0.15) is 5.10 Å². The molecule has 3 aromatic rings. The number of carbonyl (C=O) groups excluding carboxylic acids is 1. The maximum absolute atomic E-state index is 12.3. The molecular weight excluding hydrogens is 332 g/mol. The number of hydrogen-bond acceptors (Lipinski definition) is 4. The Kier molecular flexibility index (Phi) is 4.79. The molecule has 26 heavy (non-hydrogen) atoms. The molecule has 3 rings (SSSR count). The van der Waals surface area contributed by atoms with Crippen LogP contribution in [0.4, 0.5) is 0 Å². The fourth-order valence-corrected chi connectivity index (χ4v) is 2.82. The molecule has 0 fully saturated rings. The van der Waals surface area contributed by atoms with Gasteiger partial charge in [-0.05, 0) is 38.1 Å². The number of nitrogens with one attached hydrogen (secondary N) is 1. The number of amides is 1. The normalized spacial score (nSPS) is 11.2. The third-order valence-electron chi connectivity index (χ3n) is 4.08. The highest BCUT2D eigenvalue weighted by atomic mass is 16.4. The molecule has 2 N–H and O–H groups in total. The summed E-state index contributed by atoms with van der Waals surface area (Å²) in [6.07, 6.45) is 1.32. The van der Waals surface area contributed by atoms with Crippen LogP contribution in [-0.2, 0) is 6.54 Å². The lowest BCUT2D eigenvalue weighted by Crippen LogP contribution is -2.17. The van der Waals surface area contributed by atoms with Crippen LogP contribution in [0.3, 0.4) is 0 Å². The first-order valence-corrected chi connectivity index (χ1v) is 8.14. The molecule has 0 atom stereocenters. The van der Waals surface area contributed by atoms with Gasteiger partial charge in [0.15, 0.2) is 0 Å². The number of carboxylic acids is 1. The van der Waals surface area contributed by atoms with Gasteiger partial charge in [0, 0.05) is 17.7 Å². The number of carboxylic acid groups (broad SMARTS) is 1. The van der Waals surface area contributed by atoms with Crippen molar-refractivity contribution in [3.05, 3.63) is 65.0 Å². The predicted octanol–water partition coefficient (Wildman–Crippen LogP) is 2.83. The average molecular weight is 350 g/mol. The summed E-state index contributed by atoms with van der Waals surface area (Å²) >= 11 is 0. The third-order valence-corrected chi connectivity index (χ3v) is 4.08. The summed E-state index contributed by atoms with van der Waals surface area (Å²) in [7, 11) is 0. The van der Waals surface area contributed by atoms with Crippen LogP contribution >= 0.6 is 0 Å². The number of benzene rings is 2. The van der Waals surface area contributed by atoms with Crippen LogP contribution in [0.25, 0.3) is 11.0 Å². The van der Waals surface area contributed by atoms with E-state index in [0.29, 0.717) is 11.1 Å². The van der Waals surface area contributed by atoms with Gasteiger partial charge in [0.1, 0.15) is 5.82 Å². The molecular formula is C19H18N4O3. The van der Waals surface area contributed by atoms with Crippen molar-refractivity contribution in [2.75, 3.05) is 0 Å². The van der Waals surface area contributed by atoms with E-state index >= 15 is 0 Å². The van der Waals surface area contributed by atoms with Gasteiger partial charge < -0.3 is 9.67 Å². The lowest BCUT2D eigenvalue weighted by Gasteiger charge is -2.03. The summed E-state index contributed by atoms with van der Waals surface area (Å²) in [5, 5.41) is 13.0. The number of aromatic carboxylic acids is 1. The SMILES string of the molecule is CCn1c(C)nc2cc(C(=O)NN=Cc3ccccc3C(=O)O)ccc21. The molecule has 0 aliphatic carbocycles. The summed E-state index contributed by atoms with van der Waals surface area (Å²) in [6, 6.07) is 11.7. The van der Waals surface area contributed by atoms with Crippen LogP contribution in [0.1, 0.15) is 39.0 Å². The quantitative estimate of drug-likeness (QED) is 0.546. The molecule has 0 unspecified atom stereocenters. The van der Waals surface area contributed by atoms with Crippen LogP contribution < -0.4 is 5.43 Å². The second-order valence-electron chi connectivity index (χ2n) is 5.70. The number of carbonyl (C=O) groups is 2. The Bertz CT molecular complexity index is 1020. The van der Waals surface area contributed by atoms with Gasteiger partial charge in [-0.25, -0.2) is 15.2 Å². The van der Waals surface area contributed by atoms with Crippen LogP contribution in [0.5, 0.6) is 0 Å². The molecule has 0 saturated carbocycles. The van der Waals surface area contributed by atoms with Gasteiger partial charge in [0.2, 0.25) is 0 Å². The number of imidazole rings is 1. The Balaban J connectivity index is 1.78. The largest absolute Gasteiger partial charge is 0.478 e. The highest BCUT2D eigenvalue weighted by molar-refractivity contribution is 6.00. The number of aryl methyl sites for hydroxylation is 2. The van der Waals surface area contributed by atoms with Gasteiger partial charge in [-0.3, -0.25) is 4.79 Å². The molecule has 7 nitrogen and oxygen atoms in total. The van der Waals surface area contributed by atoms with Crippen LogP contribution in [0.2, 0.25) is 0 Å².